The molecule has 1 rings (SSSR count). The van der Waals surface area contributed by atoms with Gasteiger partial charge in [0.05, 0.1) is 17.1 Å². The highest BCUT2D eigenvalue weighted by Gasteiger charge is 2.12. The summed E-state index contributed by atoms with van der Waals surface area (Å²) in [6.07, 6.45) is -0.638. The first-order valence-electron chi connectivity index (χ1n) is 5.58. The van der Waals surface area contributed by atoms with Gasteiger partial charge in [0.25, 0.3) is 0 Å². The predicted molar refractivity (Wildman–Crippen MR) is 75.2 cm³/mol. The fraction of sp³-hybridized carbons (Fsp3) is 0.250. The number of hydrogen-bond acceptors (Lipinski definition) is 3. The number of hydrogen-bond donors (Lipinski definition) is 3. The molecular weight excluding hydrogens is 307 g/mol. The smallest absolute Gasteiger partial charge is 0.325 e. The van der Waals surface area contributed by atoms with E-state index in [4.69, 9.17) is 28.3 Å². The molecule has 108 valence electrons. The van der Waals surface area contributed by atoms with Gasteiger partial charge in [0.15, 0.2) is 0 Å². The highest BCUT2D eigenvalue weighted by Crippen LogP contribution is 2.28. The van der Waals surface area contributed by atoms with E-state index in [9.17, 15) is 14.4 Å². The maximum absolute atomic E-state index is 11.5. The molecular formula is C12H12Cl2N2O4. The van der Waals surface area contributed by atoms with Crippen LogP contribution in [0, 0.1) is 6.92 Å². The van der Waals surface area contributed by atoms with Crippen molar-refractivity contribution >= 4 is 46.8 Å². The van der Waals surface area contributed by atoms with Crippen molar-refractivity contribution < 1.29 is 19.5 Å². The number of benzene rings is 1. The molecule has 0 bridgehead atoms. The number of carbonyl (C=O) groups excluding carboxylic acids is 2. The van der Waals surface area contributed by atoms with E-state index < -0.39 is 17.9 Å². The zero-order chi connectivity index (χ0) is 15.3. The molecule has 1 aromatic rings. The molecule has 0 unspecified atom stereocenters. The summed E-state index contributed by atoms with van der Waals surface area (Å²) in [6.45, 7) is 1.76. The molecule has 0 heterocycles. The number of rotatable bonds is 4. The summed E-state index contributed by atoms with van der Waals surface area (Å²) in [5.74, 6) is -1.81. The largest absolute Gasteiger partial charge is 0.481 e. The number of carboxylic acids is 1. The van der Waals surface area contributed by atoms with Crippen molar-refractivity contribution in [1.82, 2.24) is 5.32 Å². The van der Waals surface area contributed by atoms with Gasteiger partial charge in [0.1, 0.15) is 0 Å². The lowest BCUT2D eigenvalue weighted by atomic mass is 10.2. The Labute approximate surface area is 125 Å². The lowest BCUT2D eigenvalue weighted by Crippen LogP contribution is -2.34. The van der Waals surface area contributed by atoms with E-state index in [1.165, 1.54) is 6.07 Å². The number of anilines is 1. The van der Waals surface area contributed by atoms with Gasteiger partial charge in [-0.2, -0.15) is 0 Å². The monoisotopic (exact) mass is 318 g/mol. The fourth-order valence-electron chi connectivity index (χ4n) is 1.31. The molecule has 3 N–H and O–H groups in total. The van der Waals surface area contributed by atoms with Crippen LogP contribution >= 0.6 is 23.2 Å². The number of aryl methyl sites for hydroxylation is 1. The van der Waals surface area contributed by atoms with Crippen LogP contribution in [-0.2, 0) is 9.59 Å². The number of amides is 3. The normalized spacial score (nSPS) is 9.95. The third-order valence-corrected chi connectivity index (χ3v) is 3.04. The van der Waals surface area contributed by atoms with Gasteiger partial charge in [0, 0.05) is 11.4 Å². The lowest BCUT2D eigenvalue weighted by Gasteiger charge is -2.09. The van der Waals surface area contributed by atoms with E-state index >= 15 is 0 Å². The Bertz CT molecular complexity index is 561. The Morgan fingerprint density at radius 1 is 1.15 bits per heavy atom. The molecule has 3 amide bonds. The molecule has 0 spiro atoms. The fourth-order valence-corrected chi connectivity index (χ4v) is 1.73. The molecule has 0 fully saturated rings. The Hall–Kier alpha value is -1.79. The standard InChI is InChI=1S/C12H12Cl2N2O4/c1-6-4-8(14)9(5-7(6)13)15-12(20)16-10(17)2-3-11(18)19/h4-5H,2-3H2,1H3,(H,18,19)(H2,15,16,17,20). The van der Waals surface area contributed by atoms with Crippen molar-refractivity contribution in [3.63, 3.8) is 0 Å². The summed E-state index contributed by atoms with van der Waals surface area (Å²) in [5, 5.41) is 13.5. The summed E-state index contributed by atoms with van der Waals surface area (Å²) in [5.41, 5.74) is 1.01. The third-order valence-electron chi connectivity index (χ3n) is 2.32. The first-order valence-corrected chi connectivity index (χ1v) is 6.33. The summed E-state index contributed by atoms with van der Waals surface area (Å²) in [4.78, 5) is 33.1. The Morgan fingerprint density at radius 3 is 2.40 bits per heavy atom. The van der Waals surface area contributed by atoms with Crippen LogP contribution in [0.5, 0.6) is 0 Å². The van der Waals surface area contributed by atoms with Crippen LogP contribution in [0.15, 0.2) is 12.1 Å². The number of imide groups is 1. The first kappa shape index (κ1) is 16.3. The van der Waals surface area contributed by atoms with E-state index in [1.54, 1.807) is 13.0 Å². The van der Waals surface area contributed by atoms with Crippen molar-refractivity contribution in [2.24, 2.45) is 0 Å². The molecule has 20 heavy (non-hydrogen) atoms. The maximum atomic E-state index is 11.5. The zero-order valence-electron chi connectivity index (χ0n) is 10.5. The lowest BCUT2D eigenvalue weighted by molar-refractivity contribution is -0.138. The zero-order valence-corrected chi connectivity index (χ0v) is 12.0. The number of carboxylic acid groups (broad SMARTS) is 1. The third kappa shape index (κ3) is 5.07. The summed E-state index contributed by atoms with van der Waals surface area (Å²) in [6, 6.07) is 2.23. The molecule has 0 aromatic heterocycles. The van der Waals surface area contributed by atoms with Crippen molar-refractivity contribution in [1.29, 1.82) is 0 Å². The van der Waals surface area contributed by atoms with Crippen molar-refractivity contribution in [3.8, 4) is 0 Å². The van der Waals surface area contributed by atoms with Crippen LogP contribution in [0.25, 0.3) is 0 Å². The SMILES string of the molecule is Cc1cc(Cl)c(NC(=O)NC(=O)CCC(=O)O)cc1Cl. The van der Waals surface area contributed by atoms with Crippen LogP contribution < -0.4 is 10.6 Å². The molecule has 0 saturated heterocycles. The van der Waals surface area contributed by atoms with Gasteiger partial charge in [-0.1, -0.05) is 23.2 Å². The molecule has 0 saturated carbocycles. The average molecular weight is 319 g/mol. The highest BCUT2D eigenvalue weighted by atomic mass is 35.5. The number of halogens is 2. The molecule has 0 atom stereocenters. The van der Waals surface area contributed by atoms with Gasteiger partial charge >= 0.3 is 12.0 Å². The van der Waals surface area contributed by atoms with Crippen molar-refractivity contribution in [3.05, 3.63) is 27.7 Å². The van der Waals surface area contributed by atoms with Gasteiger partial charge in [0.2, 0.25) is 5.91 Å². The molecule has 0 radical (unpaired) electrons. The van der Waals surface area contributed by atoms with Crippen molar-refractivity contribution in [2.45, 2.75) is 19.8 Å². The number of urea groups is 1. The highest BCUT2D eigenvalue weighted by molar-refractivity contribution is 6.36. The number of aliphatic carboxylic acids is 1. The van der Waals surface area contributed by atoms with E-state index in [2.05, 4.69) is 5.32 Å². The Morgan fingerprint density at radius 2 is 1.80 bits per heavy atom. The predicted octanol–water partition coefficient (Wildman–Crippen LogP) is 2.81. The molecule has 8 heteroatoms. The van der Waals surface area contributed by atoms with Crippen LogP contribution in [0.1, 0.15) is 18.4 Å². The molecule has 6 nitrogen and oxygen atoms in total. The second-order valence-electron chi connectivity index (χ2n) is 3.98. The average Bonchev–Trinajstić information content (AvgIpc) is 2.33. The van der Waals surface area contributed by atoms with Gasteiger partial charge < -0.3 is 10.4 Å². The van der Waals surface area contributed by atoms with E-state index in [-0.39, 0.29) is 23.6 Å². The molecule has 0 aliphatic carbocycles. The minimum atomic E-state index is -1.12. The van der Waals surface area contributed by atoms with Crippen LogP contribution in [0.3, 0.4) is 0 Å². The second-order valence-corrected chi connectivity index (χ2v) is 4.79. The van der Waals surface area contributed by atoms with Crippen LogP contribution in [0.4, 0.5) is 10.5 Å². The van der Waals surface area contributed by atoms with Gasteiger partial charge in [-0.25, -0.2) is 4.79 Å². The van der Waals surface area contributed by atoms with Crippen molar-refractivity contribution in [2.75, 3.05) is 5.32 Å². The van der Waals surface area contributed by atoms with E-state index in [0.29, 0.717) is 5.02 Å². The Balaban J connectivity index is 2.61. The first-order chi connectivity index (χ1) is 9.29. The van der Waals surface area contributed by atoms with Gasteiger partial charge in [-0.05, 0) is 24.6 Å². The quantitative estimate of drug-likeness (QED) is 0.795. The van der Waals surface area contributed by atoms with Gasteiger partial charge in [-0.3, -0.25) is 14.9 Å². The maximum Gasteiger partial charge on any atom is 0.325 e. The topological polar surface area (TPSA) is 95.5 Å². The molecule has 0 aliphatic rings. The van der Waals surface area contributed by atoms with E-state index in [1.807, 2.05) is 5.32 Å². The van der Waals surface area contributed by atoms with Crippen LogP contribution in [-0.4, -0.2) is 23.0 Å². The molecule has 1 aromatic carbocycles. The second kappa shape index (κ2) is 7.12. The number of carbonyl (C=O) groups is 3. The summed E-state index contributed by atoms with van der Waals surface area (Å²) in [7, 11) is 0. The van der Waals surface area contributed by atoms with Gasteiger partial charge in [-0.15, -0.1) is 0 Å². The summed E-state index contributed by atoms with van der Waals surface area (Å²) < 4.78 is 0. The number of nitrogens with one attached hydrogen (secondary N) is 2. The minimum Gasteiger partial charge on any atom is -0.481 e. The van der Waals surface area contributed by atoms with E-state index in [0.717, 1.165) is 5.56 Å². The Kier molecular flexibility index (Phi) is 5.79. The minimum absolute atomic E-state index is 0.255. The van der Waals surface area contributed by atoms with Crippen LogP contribution in [0.2, 0.25) is 10.0 Å². The summed E-state index contributed by atoms with van der Waals surface area (Å²) >= 11 is 11.8. The molecule has 0 aliphatic heterocycles.